The summed E-state index contributed by atoms with van der Waals surface area (Å²) in [5, 5.41) is 6.91. The molecule has 1 rings (SSSR count). The average Bonchev–Trinajstić information content (AvgIpc) is 2.52. The van der Waals surface area contributed by atoms with Crippen molar-refractivity contribution in [2.24, 2.45) is 0 Å². The maximum atomic E-state index is 3.53. The van der Waals surface area contributed by atoms with E-state index in [1.165, 1.54) is 32.2 Å². The second-order valence-electron chi connectivity index (χ2n) is 3.39. The van der Waals surface area contributed by atoms with E-state index >= 15 is 0 Å². The Hall–Kier alpha value is -0.0800. The summed E-state index contributed by atoms with van der Waals surface area (Å²) in [4.78, 5) is 0. The predicted octanol–water partition coefficient (Wildman–Crippen LogP) is 1.13. The van der Waals surface area contributed by atoms with Gasteiger partial charge in [0.2, 0.25) is 0 Å². The fraction of sp³-hybridized carbons (Fsp3) is 1.00. The zero-order valence-electron chi connectivity index (χ0n) is 7.69. The first-order valence-corrected chi connectivity index (χ1v) is 4.79. The molecule has 1 heterocycles. The lowest BCUT2D eigenvalue weighted by Gasteiger charge is -2.22. The highest BCUT2D eigenvalue weighted by Gasteiger charge is 2.21. The summed E-state index contributed by atoms with van der Waals surface area (Å²) in [6.45, 7) is 3.46. The highest BCUT2D eigenvalue weighted by atomic mass is 15.0. The van der Waals surface area contributed by atoms with Crippen LogP contribution in [-0.4, -0.2) is 25.7 Å². The van der Waals surface area contributed by atoms with E-state index in [4.69, 9.17) is 0 Å². The Morgan fingerprint density at radius 1 is 1.64 bits per heavy atom. The maximum Gasteiger partial charge on any atom is 0.0221 e. The van der Waals surface area contributed by atoms with Gasteiger partial charge in [0.25, 0.3) is 0 Å². The van der Waals surface area contributed by atoms with Gasteiger partial charge in [0.15, 0.2) is 0 Å². The standard InChI is InChI=1S/C9H20N2/c1-3-5-8(10-2)9-6-4-7-11-9/h8-11H,3-7H2,1-2H3. The second kappa shape index (κ2) is 4.73. The van der Waals surface area contributed by atoms with E-state index in [9.17, 15) is 0 Å². The Morgan fingerprint density at radius 2 is 2.45 bits per heavy atom. The summed E-state index contributed by atoms with van der Waals surface area (Å²) in [6, 6.07) is 1.43. The van der Waals surface area contributed by atoms with Crippen LogP contribution in [0.5, 0.6) is 0 Å². The quantitative estimate of drug-likeness (QED) is 0.637. The van der Waals surface area contributed by atoms with Gasteiger partial charge in [-0.25, -0.2) is 0 Å². The van der Waals surface area contributed by atoms with Crippen LogP contribution in [0.2, 0.25) is 0 Å². The lowest BCUT2D eigenvalue weighted by atomic mass is 10.0. The van der Waals surface area contributed by atoms with Crippen molar-refractivity contribution in [1.82, 2.24) is 10.6 Å². The van der Waals surface area contributed by atoms with Crippen molar-refractivity contribution < 1.29 is 0 Å². The molecule has 66 valence electrons. The van der Waals surface area contributed by atoms with Crippen LogP contribution in [0.25, 0.3) is 0 Å². The molecule has 2 nitrogen and oxygen atoms in total. The summed E-state index contributed by atoms with van der Waals surface area (Å²) < 4.78 is 0. The summed E-state index contributed by atoms with van der Waals surface area (Å²) >= 11 is 0. The van der Waals surface area contributed by atoms with Crippen LogP contribution >= 0.6 is 0 Å². The fourth-order valence-corrected chi connectivity index (χ4v) is 1.91. The molecular weight excluding hydrogens is 136 g/mol. The van der Waals surface area contributed by atoms with Gasteiger partial charge in [-0.3, -0.25) is 0 Å². The molecule has 0 aliphatic carbocycles. The predicted molar refractivity (Wildman–Crippen MR) is 48.8 cm³/mol. The first kappa shape index (κ1) is 9.01. The van der Waals surface area contributed by atoms with Crippen molar-refractivity contribution >= 4 is 0 Å². The van der Waals surface area contributed by atoms with Crippen LogP contribution in [0.3, 0.4) is 0 Å². The fourth-order valence-electron chi connectivity index (χ4n) is 1.91. The molecule has 1 aliphatic heterocycles. The Bertz CT molecular complexity index is 97.7. The van der Waals surface area contributed by atoms with Crippen LogP contribution in [0.4, 0.5) is 0 Å². The van der Waals surface area contributed by atoms with E-state index in [-0.39, 0.29) is 0 Å². The van der Waals surface area contributed by atoms with Crippen molar-refractivity contribution in [1.29, 1.82) is 0 Å². The molecule has 2 atom stereocenters. The number of nitrogens with one attached hydrogen (secondary N) is 2. The molecule has 2 unspecified atom stereocenters. The van der Waals surface area contributed by atoms with E-state index in [2.05, 4.69) is 24.6 Å². The Morgan fingerprint density at radius 3 is 2.91 bits per heavy atom. The topological polar surface area (TPSA) is 24.1 Å². The zero-order valence-corrected chi connectivity index (χ0v) is 7.69. The van der Waals surface area contributed by atoms with Gasteiger partial charge in [-0.1, -0.05) is 13.3 Å². The van der Waals surface area contributed by atoms with Gasteiger partial charge in [0.05, 0.1) is 0 Å². The van der Waals surface area contributed by atoms with E-state index in [1.54, 1.807) is 0 Å². The molecule has 0 radical (unpaired) electrons. The number of rotatable bonds is 4. The molecule has 0 bridgehead atoms. The average molecular weight is 156 g/mol. The molecule has 1 aliphatic rings. The molecule has 0 aromatic rings. The maximum absolute atomic E-state index is 3.53. The minimum absolute atomic E-state index is 0.697. The minimum atomic E-state index is 0.697. The molecule has 1 saturated heterocycles. The smallest absolute Gasteiger partial charge is 0.0221 e. The molecule has 1 fully saturated rings. The molecular formula is C9H20N2. The minimum Gasteiger partial charge on any atom is -0.315 e. The first-order chi connectivity index (χ1) is 5.38. The highest BCUT2D eigenvalue weighted by Crippen LogP contribution is 2.12. The van der Waals surface area contributed by atoms with Crippen molar-refractivity contribution in [3.05, 3.63) is 0 Å². The number of hydrogen-bond donors (Lipinski definition) is 2. The second-order valence-corrected chi connectivity index (χ2v) is 3.39. The van der Waals surface area contributed by atoms with Crippen LogP contribution < -0.4 is 10.6 Å². The number of hydrogen-bond acceptors (Lipinski definition) is 2. The molecule has 2 N–H and O–H groups in total. The molecule has 0 saturated carbocycles. The molecule has 0 spiro atoms. The van der Waals surface area contributed by atoms with Gasteiger partial charge in [0, 0.05) is 12.1 Å². The number of likely N-dealkylation sites (N-methyl/N-ethyl adjacent to an activating group) is 1. The van der Waals surface area contributed by atoms with Crippen molar-refractivity contribution in [2.75, 3.05) is 13.6 Å². The van der Waals surface area contributed by atoms with Crippen LogP contribution in [0, 0.1) is 0 Å². The van der Waals surface area contributed by atoms with E-state index in [0.29, 0.717) is 6.04 Å². The Balaban J connectivity index is 2.27. The molecule has 11 heavy (non-hydrogen) atoms. The van der Waals surface area contributed by atoms with Gasteiger partial charge in [0.1, 0.15) is 0 Å². The van der Waals surface area contributed by atoms with E-state index in [1.807, 2.05) is 0 Å². The third-order valence-corrected chi connectivity index (χ3v) is 2.55. The van der Waals surface area contributed by atoms with Gasteiger partial charge in [-0.05, 0) is 32.9 Å². The molecule has 0 aromatic heterocycles. The Labute approximate surface area is 69.8 Å². The molecule has 0 aromatic carbocycles. The van der Waals surface area contributed by atoms with Gasteiger partial charge < -0.3 is 10.6 Å². The third-order valence-electron chi connectivity index (χ3n) is 2.55. The van der Waals surface area contributed by atoms with Crippen molar-refractivity contribution in [3.63, 3.8) is 0 Å². The van der Waals surface area contributed by atoms with Crippen molar-refractivity contribution in [2.45, 2.75) is 44.7 Å². The summed E-state index contributed by atoms with van der Waals surface area (Å²) in [7, 11) is 2.07. The first-order valence-electron chi connectivity index (χ1n) is 4.79. The van der Waals surface area contributed by atoms with Crippen LogP contribution in [0.15, 0.2) is 0 Å². The summed E-state index contributed by atoms with van der Waals surface area (Å²) in [6.07, 6.45) is 5.29. The van der Waals surface area contributed by atoms with Crippen LogP contribution in [0.1, 0.15) is 32.6 Å². The van der Waals surface area contributed by atoms with E-state index < -0.39 is 0 Å². The summed E-state index contributed by atoms with van der Waals surface area (Å²) in [5.41, 5.74) is 0. The van der Waals surface area contributed by atoms with Gasteiger partial charge >= 0.3 is 0 Å². The van der Waals surface area contributed by atoms with Crippen molar-refractivity contribution in [3.8, 4) is 0 Å². The highest BCUT2D eigenvalue weighted by molar-refractivity contribution is 4.85. The third kappa shape index (κ3) is 2.46. The SMILES string of the molecule is CCCC(NC)C1CCCN1. The normalized spacial score (nSPS) is 27.3. The zero-order chi connectivity index (χ0) is 8.10. The lowest BCUT2D eigenvalue weighted by molar-refractivity contribution is 0.401. The molecule has 2 heteroatoms. The summed E-state index contributed by atoms with van der Waals surface area (Å²) in [5.74, 6) is 0. The monoisotopic (exact) mass is 156 g/mol. The Kier molecular flexibility index (Phi) is 3.87. The van der Waals surface area contributed by atoms with Gasteiger partial charge in [-0.2, -0.15) is 0 Å². The van der Waals surface area contributed by atoms with Crippen LogP contribution in [-0.2, 0) is 0 Å². The van der Waals surface area contributed by atoms with Gasteiger partial charge in [-0.15, -0.1) is 0 Å². The van der Waals surface area contributed by atoms with E-state index in [0.717, 1.165) is 6.04 Å². The lowest BCUT2D eigenvalue weighted by Crippen LogP contribution is -2.43. The largest absolute Gasteiger partial charge is 0.315 e. The molecule has 0 amide bonds.